The van der Waals surface area contributed by atoms with Crippen molar-refractivity contribution in [1.82, 2.24) is 0 Å². The zero-order chi connectivity index (χ0) is 19.9. The Kier molecular flexibility index (Phi) is 4.61. The molecule has 0 radical (unpaired) electrons. The van der Waals surface area contributed by atoms with Crippen molar-refractivity contribution in [3.05, 3.63) is 59.7 Å². The standard InChI is InChI=1S/C21H19F3N2O2/c22-21(23,24)14-7-9-15(10-8-14)25-19(27)16-12-17(16)20(28)26-11-3-5-13-4-1-2-6-18(13)26/h1-2,4,6-10,16-17H,3,5,11-12H2,(H,25,27). The van der Waals surface area contributed by atoms with Gasteiger partial charge in [-0.3, -0.25) is 9.59 Å². The number of carbonyl (C=O) groups is 2. The van der Waals surface area contributed by atoms with Crippen LogP contribution in [0, 0.1) is 11.8 Å². The van der Waals surface area contributed by atoms with E-state index in [4.69, 9.17) is 0 Å². The van der Waals surface area contributed by atoms with Crippen LogP contribution < -0.4 is 10.2 Å². The summed E-state index contributed by atoms with van der Waals surface area (Å²) in [7, 11) is 0. The number of carbonyl (C=O) groups excluding carboxylic acids is 2. The molecule has 1 N–H and O–H groups in total. The third kappa shape index (κ3) is 3.61. The molecule has 1 heterocycles. The number of anilines is 2. The molecule has 4 rings (SSSR count). The number of alkyl halides is 3. The van der Waals surface area contributed by atoms with Crippen LogP contribution in [0.5, 0.6) is 0 Å². The summed E-state index contributed by atoms with van der Waals surface area (Å²) in [5.74, 6) is -1.20. The summed E-state index contributed by atoms with van der Waals surface area (Å²) in [6, 6.07) is 12.1. The minimum absolute atomic E-state index is 0.0558. The maximum atomic E-state index is 12.9. The quantitative estimate of drug-likeness (QED) is 0.854. The Hall–Kier alpha value is -2.83. The van der Waals surface area contributed by atoms with Crippen molar-refractivity contribution >= 4 is 23.2 Å². The Morgan fingerprint density at radius 3 is 2.43 bits per heavy atom. The topological polar surface area (TPSA) is 49.4 Å². The van der Waals surface area contributed by atoms with Gasteiger partial charge in [0.05, 0.1) is 17.4 Å². The highest BCUT2D eigenvalue weighted by molar-refractivity contribution is 6.04. The number of hydrogen-bond donors (Lipinski definition) is 1. The number of amides is 2. The van der Waals surface area contributed by atoms with E-state index in [1.54, 1.807) is 4.90 Å². The fraction of sp³-hybridized carbons (Fsp3) is 0.333. The van der Waals surface area contributed by atoms with Gasteiger partial charge in [0, 0.05) is 17.9 Å². The molecule has 28 heavy (non-hydrogen) atoms. The molecule has 1 aliphatic heterocycles. The summed E-state index contributed by atoms with van der Waals surface area (Å²) in [5.41, 5.74) is 1.56. The smallest absolute Gasteiger partial charge is 0.326 e. The zero-order valence-electron chi connectivity index (χ0n) is 15.0. The predicted molar refractivity (Wildman–Crippen MR) is 98.8 cm³/mol. The first kappa shape index (κ1) is 18.5. The van der Waals surface area contributed by atoms with Crippen LogP contribution in [0.3, 0.4) is 0 Å². The summed E-state index contributed by atoms with van der Waals surface area (Å²) in [5, 5.41) is 2.61. The molecule has 0 spiro atoms. The average Bonchev–Trinajstić information content (AvgIpc) is 3.48. The summed E-state index contributed by atoms with van der Waals surface area (Å²) in [6.45, 7) is 0.638. The number of halogens is 3. The van der Waals surface area contributed by atoms with E-state index < -0.39 is 17.7 Å². The number of aryl methyl sites for hydroxylation is 1. The van der Waals surface area contributed by atoms with Crippen LogP contribution in [0.1, 0.15) is 24.0 Å². The van der Waals surface area contributed by atoms with E-state index in [1.807, 2.05) is 24.3 Å². The van der Waals surface area contributed by atoms with Crippen molar-refractivity contribution in [2.24, 2.45) is 11.8 Å². The molecule has 0 aromatic heterocycles. The van der Waals surface area contributed by atoms with Gasteiger partial charge in [-0.25, -0.2) is 0 Å². The van der Waals surface area contributed by atoms with Crippen LogP contribution in [0.4, 0.5) is 24.5 Å². The van der Waals surface area contributed by atoms with Crippen molar-refractivity contribution < 1.29 is 22.8 Å². The SMILES string of the molecule is O=C(Nc1ccc(C(F)(F)F)cc1)C1CC1C(=O)N1CCCc2ccccc21. The average molecular weight is 388 g/mol. The van der Waals surface area contributed by atoms with Crippen molar-refractivity contribution in [3.8, 4) is 0 Å². The Labute approximate surface area is 160 Å². The first-order chi connectivity index (χ1) is 13.3. The number of nitrogens with one attached hydrogen (secondary N) is 1. The third-order valence-electron chi connectivity index (χ3n) is 5.30. The van der Waals surface area contributed by atoms with Crippen LogP contribution in [-0.4, -0.2) is 18.4 Å². The second-order valence-electron chi connectivity index (χ2n) is 7.24. The second kappa shape index (κ2) is 6.96. The largest absolute Gasteiger partial charge is 0.416 e. The van der Waals surface area contributed by atoms with Gasteiger partial charge in [0.15, 0.2) is 0 Å². The maximum absolute atomic E-state index is 12.9. The summed E-state index contributed by atoms with van der Waals surface area (Å²) < 4.78 is 37.8. The van der Waals surface area contributed by atoms with Gasteiger partial charge >= 0.3 is 6.18 Å². The number of hydrogen-bond acceptors (Lipinski definition) is 2. The molecule has 146 valence electrons. The van der Waals surface area contributed by atoms with Crippen molar-refractivity contribution in [2.75, 3.05) is 16.8 Å². The Balaban J connectivity index is 1.39. The minimum Gasteiger partial charge on any atom is -0.326 e. The first-order valence-corrected chi connectivity index (χ1v) is 9.22. The third-order valence-corrected chi connectivity index (χ3v) is 5.30. The van der Waals surface area contributed by atoms with E-state index in [0.29, 0.717) is 18.7 Å². The Morgan fingerprint density at radius 1 is 1.00 bits per heavy atom. The monoisotopic (exact) mass is 388 g/mol. The van der Waals surface area contributed by atoms with Crippen LogP contribution in [-0.2, 0) is 22.2 Å². The molecule has 0 bridgehead atoms. The fourth-order valence-electron chi connectivity index (χ4n) is 3.70. The van der Waals surface area contributed by atoms with Crippen molar-refractivity contribution in [1.29, 1.82) is 0 Å². The molecule has 1 saturated carbocycles. The molecule has 1 fully saturated rings. The Bertz CT molecular complexity index is 909. The van der Waals surface area contributed by atoms with Gasteiger partial charge in [-0.1, -0.05) is 18.2 Å². The molecule has 1 aliphatic carbocycles. The first-order valence-electron chi connectivity index (χ1n) is 9.22. The maximum Gasteiger partial charge on any atom is 0.416 e. The van der Waals surface area contributed by atoms with Gasteiger partial charge in [-0.15, -0.1) is 0 Å². The van der Waals surface area contributed by atoms with E-state index in [0.717, 1.165) is 36.2 Å². The number of rotatable bonds is 3. The normalized spacial score (nSPS) is 21.0. The van der Waals surface area contributed by atoms with Crippen LogP contribution >= 0.6 is 0 Å². The highest BCUT2D eigenvalue weighted by Gasteiger charge is 2.50. The molecular formula is C21H19F3N2O2. The zero-order valence-corrected chi connectivity index (χ0v) is 15.0. The predicted octanol–water partition coefficient (Wildman–Crippen LogP) is 4.26. The van der Waals surface area contributed by atoms with Crippen LogP contribution in [0.2, 0.25) is 0 Å². The van der Waals surface area contributed by atoms with E-state index in [1.165, 1.54) is 12.1 Å². The number of benzene rings is 2. The fourth-order valence-corrected chi connectivity index (χ4v) is 3.70. The van der Waals surface area contributed by atoms with Crippen molar-refractivity contribution in [3.63, 3.8) is 0 Å². The molecule has 7 heteroatoms. The van der Waals surface area contributed by atoms with E-state index >= 15 is 0 Å². The second-order valence-corrected chi connectivity index (χ2v) is 7.24. The highest BCUT2D eigenvalue weighted by atomic mass is 19.4. The van der Waals surface area contributed by atoms with E-state index in [2.05, 4.69) is 5.32 Å². The molecule has 2 unspecified atom stereocenters. The van der Waals surface area contributed by atoms with Gasteiger partial charge < -0.3 is 10.2 Å². The molecule has 2 aromatic carbocycles. The van der Waals surface area contributed by atoms with Gasteiger partial charge in [-0.2, -0.15) is 13.2 Å². The molecule has 2 aliphatic rings. The lowest BCUT2D eigenvalue weighted by Gasteiger charge is -2.29. The summed E-state index contributed by atoms with van der Waals surface area (Å²) in [6.07, 6.45) is -2.13. The number of fused-ring (bicyclic) bond motifs is 1. The van der Waals surface area contributed by atoms with Crippen molar-refractivity contribution in [2.45, 2.75) is 25.4 Å². The molecular weight excluding hydrogens is 369 g/mol. The lowest BCUT2D eigenvalue weighted by Crippen LogP contribution is -2.37. The van der Waals surface area contributed by atoms with Crippen LogP contribution in [0.25, 0.3) is 0 Å². The summed E-state index contributed by atoms with van der Waals surface area (Å²) >= 11 is 0. The minimum atomic E-state index is -4.42. The van der Waals surface area contributed by atoms with E-state index in [-0.39, 0.29) is 17.7 Å². The lowest BCUT2D eigenvalue weighted by molar-refractivity contribution is -0.137. The van der Waals surface area contributed by atoms with Gasteiger partial charge in [-0.05, 0) is 55.2 Å². The summed E-state index contributed by atoms with van der Waals surface area (Å²) in [4.78, 5) is 27.0. The lowest BCUT2D eigenvalue weighted by atomic mass is 10.0. The van der Waals surface area contributed by atoms with E-state index in [9.17, 15) is 22.8 Å². The molecule has 2 atom stereocenters. The Morgan fingerprint density at radius 2 is 1.71 bits per heavy atom. The number of para-hydroxylation sites is 1. The van der Waals surface area contributed by atoms with Gasteiger partial charge in [0.25, 0.3) is 0 Å². The molecule has 4 nitrogen and oxygen atoms in total. The van der Waals surface area contributed by atoms with Crippen LogP contribution in [0.15, 0.2) is 48.5 Å². The van der Waals surface area contributed by atoms with Gasteiger partial charge in [0.2, 0.25) is 11.8 Å². The molecule has 2 aromatic rings. The number of nitrogens with zero attached hydrogens (tertiary/aromatic N) is 1. The molecule has 0 saturated heterocycles. The van der Waals surface area contributed by atoms with Gasteiger partial charge in [0.1, 0.15) is 0 Å². The highest BCUT2D eigenvalue weighted by Crippen LogP contribution is 2.43. The molecule has 2 amide bonds.